The molecular weight excluding hydrogens is 424 g/mol. The van der Waals surface area contributed by atoms with Crippen LogP contribution in [0, 0.1) is 0 Å². The van der Waals surface area contributed by atoms with E-state index in [1.807, 2.05) is 24.3 Å². The van der Waals surface area contributed by atoms with E-state index in [-0.39, 0.29) is 28.9 Å². The number of imidazole rings is 1. The van der Waals surface area contributed by atoms with Crippen LogP contribution in [0.2, 0.25) is 5.28 Å². The molecule has 3 aromatic rings. The summed E-state index contributed by atoms with van der Waals surface area (Å²) in [6.45, 7) is 2.35. The molecular formula is C20H23ClN6O4. The number of aromatic nitrogens is 4. The van der Waals surface area contributed by atoms with Gasteiger partial charge >= 0.3 is 5.69 Å². The van der Waals surface area contributed by atoms with Crippen molar-refractivity contribution >= 4 is 34.4 Å². The first-order chi connectivity index (χ1) is 14.8. The maximum absolute atomic E-state index is 12.9. The smallest absolute Gasteiger partial charge is 0.332 e. The van der Waals surface area contributed by atoms with Gasteiger partial charge < -0.3 is 14.5 Å². The van der Waals surface area contributed by atoms with Gasteiger partial charge in [-0.2, -0.15) is 4.98 Å². The molecule has 3 heterocycles. The lowest BCUT2D eigenvalue weighted by Crippen LogP contribution is -2.49. The summed E-state index contributed by atoms with van der Waals surface area (Å²) in [5.41, 5.74) is 0.338. The maximum Gasteiger partial charge on any atom is 0.332 e. The van der Waals surface area contributed by atoms with Gasteiger partial charge in [-0.15, -0.1) is 0 Å². The van der Waals surface area contributed by atoms with Crippen LogP contribution >= 0.6 is 11.6 Å². The summed E-state index contributed by atoms with van der Waals surface area (Å²) >= 11 is 6.23. The number of piperazine rings is 1. The van der Waals surface area contributed by atoms with Crippen LogP contribution in [0.25, 0.3) is 11.2 Å². The quantitative estimate of drug-likeness (QED) is 0.540. The number of rotatable bonds is 4. The molecule has 0 atom stereocenters. The third-order valence-electron chi connectivity index (χ3n) is 5.66. The Kier molecular flexibility index (Phi) is 5.48. The predicted molar refractivity (Wildman–Crippen MR) is 117 cm³/mol. The van der Waals surface area contributed by atoms with Crippen molar-refractivity contribution in [2.75, 3.05) is 38.2 Å². The Morgan fingerprint density at radius 1 is 1.06 bits per heavy atom. The second kappa shape index (κ2) is 8.10. The van der Waals surface area contributed by atoms with Crippen molar-refractivity contribution in [1.29, 1.82) is 0 Å². The van der Waals surface area contributed by atoms with E-state index in [0.717, 1.165) is 16.0 Å². The zero-order chi connectivity index (χ0) is 22.3. The molecule has 0 saturated carbocycles. The Balaban J connectivity index is 1.51. The summed E-state index contributed by atoms with van der Waals surface area (Å²) in [5, 5.41) is -0.00137. The minimum atomic E-state index is -0.533. The monoisotopic (exact) mass is 446 g/mol. The van der Waals surface area contributed by atoms with E-state index in [0.29, 0.717) is 26.2 Å². The normalized spacial score (nSPS) is 14.3. The number of carbonyl (C=O) groups excluding carboxylic acids is 1. The molecule has 1 fully saturated rings. The molecule has 1 aliphatic heterocycles. The molecule has 1 aromatic carbocycles. The maximum atomic E-state index is 12.9. The number of hydrogen-bond acceptors (Lipinski definition) is 6. The largest absolute Gasteiger partial charge is 0.497 e. The van der Waals surface area contributed by atoms with Gasteiger partial charge in [-0.3, -0.25) is 23.3 Å². The van der Waals surface area contributed by atoms with E-state index in [4.69, 9.17) is 16.3 Å². The predicted octanol–water partition coefficient (Wildman–Crippen LogP) is 0.445. The zero-order valence-electron chi connectivity index (χ0n) is 17.5. The number of fused-ring (bicyclic) bond motifs is 1. The first-order valence-electron chi connectivity index (χ1n) is 9.80. The Morgan fingerprint density at radius 2 is 1.71 bits per heavy atom. The molecule has 0 bridgehead atoms. The van der Waals surface area contributed by atoms with Gasteiger partial charge in [-0.25, -0.2) is 4.79 Å². The fourth-order valence-corrected chi connectivity index (χ4v) is 4.03. The number of hydrogen-bond donors (Lipinski definition) is 0. The molecule has 2 aromatic heterocycles. The molecule has 4 rings (SSSR count). The van der Waals surface area contributed by atoms with Gasteiger partial charge in [0.25, 0.3) is 5.56 Å². The van der Waals surface area contributed by atoms with Crippen LogP contribution in [0.15, 0.2) is 33.9 Å². The lowest BCUT2D eigenvalue weighted by Gasteiger charge is -2.36. The fourth-order valence-electron chi connectivity index (χ4n) is 3.81. The van der Waals surface area contributed by atoms with Gasteiger partial charge in [0.05, 0.1) is 7.11 Å². The minimum absolute atomic E-state index is 0.00137. The van der Waals surface area contributed by atoms with E-state index >= 15 is 0 Å². The lowest BCUT2D eigenvalue weighted by atomic mass is 10.2. The number of benzene rings is 1. The summed E-state index contributed by atoms with van der Waals surface area (Å²) in [4.78, 5) is 45.8. The van der Waals surface area contributed by atoms with Gasteiger partial charge in [0.15, 0.2) is 11.2 Å². The number of methoxy groups -OCH3 is 1. The molecule has 164 valence electrons. The van der Waals surface area contributed by atoms with Crippen molar-refractivity contribution in [2.45, 2.75) is 6.54 Å². The topological polar surface area (TPSA) is 94.6 Å². The molecule has 11 heteroatoms. The zero-order valence-corrected chi connectivity index (χ0v) is 18.3. The average Bonchev–Trinajstić information content (AvgIpc) is 3.12. The number of ether oxygens (including phenoxy) is 1. The number of anilines is 1. The third-order valence-corrected chi connectivity index (χ3v) is 5.95. The van der Waals surface area contributed by atoms with Crippen molar-refractivity contribution in [2.24, 2.45) is 14.1 Å². The van der Waals surface area contributed by atoms with Crippen molar-refractivity contribution in [3.8, 4) is 5.75 Å². The van der Waals surface area contributed by atoms with Gasteiger partial charge in [0.2, 0.25) is 11.2 Å². The van der Waals surface area contributed by atoms with Crippen molar-refractivity contribution in [1.82, 2.24) is 23.6 Å². The molecule has 0 spiro atoms. The molecule has 0 N–H and O–H groups in total. The van der Waals surface area contributed by atoms with Gasteiger partial charge in [-0.1, -0.05) is 0 Å². The van der Waals surface area contributed by atoms with Crippen LogP contribution in [-0.4, -0.2) is 62.8 Å². The van der Waals surface area contributed by atoms with Gasteiger partial charge in [-0.05, 0) is 35.9 Å². The van der Waals surface area contributed by atoms with Crippen LogP contribution in [-0.2, 0) is 25.4 Å². The Labute approximate surface area is 182 Å². The Bertz CT molecular complexity index is 1250. The molecule has 1 aliphatic rings. The molecule has 0 aliphatic carbocycles. The van der Waals surface area contributed by atoms with E-state index in [2.05, 4.69) is 9.88 Å². The molecule has 10 nitrogen and oxygen atoms in total. The van der Waals surface area contributed by atoms with Crippen LogP contribution < -0.4 is 20.9 Å². The molecule has 31 heavy (non-hydrogen) atoms. The number of amides is 1. The van der Waals surface area contributed by atoms with Crippen molar-refractivity contribution in [3.63, 3.8) is 0 Å². The number of carbonyl (C=O) groups is 1. The summed E-state index contributed by atoms with van der Waals surface area (Å²) in [5.74, 6) is 0.636. The van der Waals surface area contributed by atoms with Gasteiger partial charge in [0, 0.05) is 46.0 Å². The van der Waals surface area contributed by atoms with Gasteiger partial charge in [0.1, 0.15) is 12.3 Å². The summed E-state index contributed by atoms with van der Waals surface area (Å²) in [6.07, 6.45) is 0. The van der Waals surface area contributed by atoms with Crippen molar-refractivity contribution < 1.29 is 9.53 Å². The van der Waals surface area contributed by atoms with Crippen LogP contribution in [0.5, 0.6) is 5.75 Å². The van der Waals surface area contributed by atoms with E-state index in [1.165, 1.54) is 23.2 Å². The standard InChI is InChI=1S/C20H23ClN6O4/c1-23-17-16(18(29)24(2)20(23)30)27(19(21)22-17)12-15(28)26-10-8-25(9-11-26)13-4-6-14(31-3)7-5-13/h4-7H,8-12H2,1-3H3. The minimum Gasteiger partial charge on any atom is -0.497 e. The Hall–Kier alpha value is -3.27. The molecule has 0 radical (unpaired) electrons. The first-order valence-corrected chi connectivity index (χ1v) is 10.2. The summed E-state index contributed by atoms with van der Waals surface area (Å²) in [7, 11) is 4.53. The number of nitrogens with zero attached hydrogens (tertiary/aromatic N) is 6. The fraction of sp³-hybridized carbons (Fsp3) is 0.400. The number of aryl methyl sites for hydroxylation is 1. The number of halogens is 1. The highest BCUT2D eigenvalue weighted by Gasteiger charge is 2.25. The second-order valence-electron chi connectivity index (χ2n) is 7.41. The van der Waals surface area contributed by atoms with E-state index < -0.39 is 11.2 Å². The third kappa shape index (κ3) is 3.67. The summed E-state index contributed by atoms with van der Waals surface area (Å²) in [6, 6.07) is 7.81. The van der Waals surface area contributed by atoms with Crippen LogP contribution in [0.4, 0.5) is 5.69 Å². The van der Waals surface area contributed by atoms with E-state index in [1.54, 1.807) is 12.0 Å². The highest BCUT2D eigenvalue weighted by Crippen LogP contribution is 2.21. The molecule has 1 saturated heterocycles. The van der Waals surface area contributed by atoms with Crippen molar-refractivity contribution in [3.05, 3.63) is 50.4 Å². The Morgan fingerprint density at radius 3 is 2.32 bits per heavy atom. The first kappa shape index (κ1) is 21.0. The summed E-state index contributed by atoms with van der Waals surface area (Å²) < 4.78 is 8.79. The van der Waals surface area contributed by atoms with Crippen LogP contribution in [0.3, 0.4) is 0 Å². The molecule has 1 amide bonds. The average molecular weight is 447 g/mol. The highest BCUT2D eigenvalue weighted by molar-refractivity contribution is 6.29. The SMILES string of the molecule is COc1ccc(N2CCN(C(=O)Cn3c(Cl)nc4c3c(=O)n(C)c(=O)n4C)CC2)cc1. The van der Waals surface area contributed by atoms with E-state index in [9.17, 15) is 14.4 Å². The lowest BCUT2D eigenvalue weighted by molar-refractivity contribution is -0.132. The second-order valence-corrected chi connectivity index (χ2v) is 7.75. The molecule has 0 unspecified atom stereocenters. The van der Waals surface area contributed by atoms with Crippen LogP contribution in [0.1, 0.15) is 0 Å². The highest BCUT2D eigenvalue weighted by atomic mass is 35.5.